The van der Waals surface area contributed by atoms with Gasteiger partial charge in [-0.15, -0.1) is 11.3 Å². The molecule has 0 atom stereocenters. The zero-order valence-electron chi connectivity index (χ0n) is 17.7. The average Bonchev–Trinajstić information content (AvgIpc) is 3.31. The fraction of sp³-hybridized carbons (Fsp3) is 0.522. The predicted molar refractivity (Wildman–Crippen MR) is 124 cm³/mol. The van der Waals surface area contributed by atoms with E-state index in [1.54, 1.807) is 11.3 Å². The van der Waals surface area contributed by atoms with Crippen molar-refractivity contribution in [3.05, 3.63) is 40.0 Å². The van der Waals surface area contributed by atoms with Crippen LogP contribution in [0.15, 0.2) is 24.4 Å². The molecular formula is C23H30ClN3O2S. The highest BCUT2D eigenvalue weighted by Crippen LogP contribution is 2.38. The number of nitrogens with zero attached hydrogens (tertiary/aromatic N) is 3. The maximum Gasteiger partial charge on any atom is 0.126 e. The summed E-state index contributed by atoms with van der Waals surface area (Å²) in [7, 11) is 2.02. The number of aliphatic hydroxyl groups excluding tert-OH is 1. The minimum absolute atomic E-state index is 0.160. The number of aryl methyl sites for hydroxylation is 1. The van der Waals surface area contributed by atoms with Crippen LogP contribution in [0, 0.1) is 5.92 Å². The summed E-state index contributed by atoms with van der Waals surface area (Å²) in [5.41, 5.74) is 3.38. The molecule has 0 aliphatic carbocycles. The summed E-state index contributed by atoms with van der Waals surface area (Å²) in [4.78, 5) is 8.45. The smallest absolute Gasteiger partial charge is 0.126 e. The van der Waals surface area contributed by atoms with Gasteiger partial charge in [-0.25, -0.2) is 4.98 Å². The molecule has 7 heteroatoms. The molecule has 1 saturated heterocycles. The van der Waals surface area contributed by atoms with E-state index in [1.165, 1.54) is 10.3 Å². The van der Waals surface area contributed by atoms with Crippen molar-refractivity contribution >= 4 is 33.8 Å². The molecule has 0 radical (unpaired) electrons. The van der Waals surface area contributed by atoms with E-state index in [4.69, 9.17) is 21.3 Å². The number of para-hydroxylation sites is 1. The Morgan fingerprint density at radius 1 is 1.33 bits per heavy atom. The first-order valence-corrected chi connectivity index (χ1v) is 11.9. The Balaban J connectivity index is 1.72. The summed E-state index contributed by atoms with van der Waals surface area (Å²) in [5.74, 6) is 0.615. The quantitative estimate of drug-likeness (QED) is 0.537. The number of aliphatic hydroxyl groups is 1. The molecule has 3 aromatic rings. The van der Waals surface area contributed by atoms with Crippen molar-refractivity contribution in [1.29, 1.82) is 0 Å². The third-order valence-electron chi connectivity index (χ3n) is 5.88. The molecular weight excluding hydrogens is 418 g/mol. The van der Waals surface area contributed by atoms with Crippen molar-refractivity contribution in [3.63, 3.8) is 0 Å². The largest absolute Gasteiger partial charge is 0.395 e. The molecule has 1 aliphatic rings. The molecule has 162 valence electrons. The molecule has 0 bridgehead atoms. The third kappa shape index (κ3) is 4.58. The summed E-state index contributed by atoms with van der Waals surface area (Å²) in [5, 5.41) is 12.2. The third-order valence-corrected chi connectivity index (χ3v) is 7.46. The summed E-state index contributed by atoms with van der Waals surface area (Å²) < 4.78 is 7.86. The predicted octanol–water partition coefficient (Wildman–Crippen LogP) is 4.83. The van der Waals surface area contributed by atoms with Crippen LogP contribution in [0.1, 0.15) is 30.3 Å². The first-order valence-electron chi connectivity index (χ1n) is 10.7. The fourth-order valence-corrected chi connectivity index (χ4v) is 5.56. The lowest BCUT2D eigenvalue weighted by molar-refractivity contribution is 0.0616. The van der Waals surface area contributed by atoms with E-state index in [0.717, 1.165) is 72.4 Å². The Morgan fingerprint density at radius 3 is 2.87 bits per heavy atom. The van der Waals surface area contributed by atoms with Gasteiger partial charge in [0.15, 0.2) is 0 Å². The van der Waals surface area contributed by atoms with Crippen LogP contribution >= 0.6 is 22.9 Å². The number of fused-ring (bicyclic) bond motifs is 1. The van der Waals surface area contributed by atoms with Crippen molar-refractivity contribution in [1.82, 2.24) is 14.5 Å². The molecule has 2 aromatic heterocycles. The van der Waals surface area contributed by atoms with E-state index < -0.39 is 0 Å². The van der Waals surface area contributed by atoms with Crippen LogP contribution in [-0.4, -0.2) is 53.0 Å². The summed E-state index contributed by atoms with van der Waals surface area (Å²) >= 11 is 8.43. The first kappa shape index (κ1) is 21.8. The van der Waals surface area contributed by atoms with E-state index in [2.05, 4.69) is 28.7 Å². The first-order chi connectivity index (χ1) is 14.6. The lowest BCUT2D eigenvalue weighted by Crippen LogP contribution is -2.22. The number of halogens is 1. The number of hydrogen-bond acceptors (Lipinski definition) is 5. The van der Waals surface area contributed by atoms with Crippen molar-refractivity contribution in [2.75, 3.05) is 33.4 Å². The Kier molecular flexibility index (Phi) is 7.11. The van der Waals surface area contributed by atoms with Gasteiger partial charge in [-0.3, -0.25) is 4.90 Å². The second kappa shape index (κ2) is 9.79. The second-order valence-corrected chi connectivity index (χ2v) is 9.58. The van der Waals surface area contributed by atoms with Crippen LogP contribution < -0.4 is 0 Å². The molecule has 4 rings (SSSR count). The maximum atomic E-state index is 9.22. The average molecular weight is 448 g/mol. The molecule has 3 heterocycles. The molecule has 1 fully saturated rings. The van der Waals surface area contributed by atoms with Gasteiger partial charge in [-0.1, -0.05) is 30.7 Å². The van der Waals surface area contributed by atoms with Gasteiger partial charge in [-0.2, -0.15) is 0 Å². The van der Waals surface area contributed by atoms with Gasteiger partial charge >= 0.3 is 0 Å². The van der Waals surface area contributed by atoms with E-state index in [0.29, 0.717) is 12.5 Å². The van der Waals surface area contributed by atoms with E-state index in [-0.39, 0.29) is 6.61 Å². The summed E-state index contributed by atoms with van der Waals surface area (Å²) in [6.07, 6.45) is 5.39. The monoisotopic (exact) mass is 447 g/mol. The van der Waals surface area contributed by atoms with Gasteiger partial charge in [0, 0.05) is 54.9 Å². The Morgan fingerprint density at radius 2 is 2.13 bits per heavy atom. The molecule has 1 aliphatic heterocycles. The maximum absolute atomic E-state index is 9.22. The number of hydrogen-bond donors (Lipinski definition) is 1. The zero-order valence-corrected chi connectivity index (χ0v) is 19.3. The Bertz CT molecular complexity index is 994. The van der Waals surface area contributed by atoms with Gasteiger partial charge in [0.2, 0.25) is 0 Å². The molecule has 0 saturated carbocycles. The van der Waals surface area contributed by atoms with Gasteiger partial charge < -0.3 is 14.4 Å². The highest BCUT2D eigenvalue weighted by atomic mass is 35.5. The summed E-state index contributed by atoms with van der Waals surface area (Å²) in [6.45, 7) is 6.40. The molecule has 0 amide bonds. The molecule has 0 spiro atoms. The highest BCUT2D eigenvalue weighted by Gasteiger charge is 2.21. The fourth-order valence-electron chi connectivity index (χ4n) is 4.24. The Labute approximate surface area is 187 Å². The SMILES string of the molecule is CCc1sc(-c2cn(CC3CCOCC3)c3c(Cl)cccc23)nc1CN(C)CCO. The van der Waals surface area contributed by atoms with Crippen LogP contribution in [0.5, 0.6) is 0 Å². The van der Waals surface area contributed by atoms with E-state index in [1.807, 2.05) is 19.2 Å². The molecule has 1 N–H and O–H groups in total. The lowest BCUT2D eigenvalue weighted by Gasteiger charge is -2.23. The summed E-state index contributed by atoms with van der Waals surface area (Å²) in [6, 6.07) is 6.15. The van der Waals surface area contributed by atoms with E-state index >= 15 is 0 Å². The standard InChI is InChI=1S/C23H30ClN3O2S/c1-3-21-20(15-26(2)9-10-28)25-23(30-21)18-14-27(13-16-7-11-29-12-8-16)22-17(18)5-4-6-19(22)24/h4-6,14,16,28H,3,7-13,15H2,1-2H3. The number of ether oxygens (including phenoxy) is 1. The molecule has 1 aromatic carbocycles. The normalized spacial score (nSPS) is 15.5. The van der Waals surface area contributed by atoms with Gasteiger partial charge in [0.1, 0.15) is 5.01 Å². The topological polar surface area (TPSA) is 50.5 Å². The van der Waals surface area contributed by atoms with Crippen LogP contribution in [0.4, 0.5) is 0 Å². The van der Waals surface area contributed by atoms with Gasteiger partial charge in [0.05, 0.1) is 22.8 Å². The van der Waals surface area contributed by atoms with E-state index in [9.17, 15) is 5.11 Å². The van der Waals surface area contributed by atoms with Crippen molar-refractivity contribution < 1.29 is 9.84 Å². The number of aromatic nitrogens is 2. The van der Waals surface area contributed by atoms with Crippen molar-refractivity contribution in [2.45, 2.75) is 39.3 Å². The van der Waals surface area contributed by atoms with Crippen LogP contribution in [0.25, 0.3) is 21.5 Å². The minimum atomic E-state index is 0.160. The zero-order chi connectivity index (χ0) is 21.1. The molecule has 30 heavy (non-hydrogen) atoms. The highest BCUT2D eigenvalue weighted by molar-refractivity contribution is 7.15. The van der Waals surface area contributed by atoms with Crippen molar-refractivity contribution in [3.8, 4) is 10.6 Å². The number of rotatable bonds is 8. The molecule has 0 unspecified atom stereocenters. The molecule has 5 nitrogen and oxygen atoms in total. The van der Waals surface area contributed by atoms with Crippen LogP contribution in [0.2, 0.25) is 5.02 Å². The van der Waals surface area contributed by atoms with Crippen LogP contribution in [0.3, 0.4) is 0 Å². The minimum Gasteiger partial charge on any atom is -0.395 e. The number of likely N-dealkylation sites (N-methyl/N-ethyl adjacent to an activating group) is 1. The second-order valence-electron chi connectivity index (χ2n) is 8.09. The number of benzene rings is 1. The van der Waals surface area contributed by atoms with Gasteiger partial charge in [0.25, 0.3) is 0 Å². The van der Waals surface area contributed by atoms with Crippen molar-refractivity contribution in [2.24, 2.45) is 5.92 Å². The van der Waals surface area contributed by atoms with Gasteiger partial charge in [-0.05, 0) is 38.3 Å². The number of thiazole rings is 1. The Hall–Kier alpha value is -1.44. The lowest BCUT2D eigenvalue weighted by atomic mass is 10.0. The van der Waals surface area contributed by atoms with Crippen LogP contribution in [-0.2, 0) is 24.2 Å².